The highest BCUT2D eigenvalue weighted by Crippen LogP contribution is 2.43. The SMILES string of the molecule is [2H]C([2H])([2H])N(C(=O)c1ccc(N2CCC(N3CCCOC3=O)CC2)c(NC(=O)c2[nH]c3cc(Cl)ccc3c2-c2c(-c3ccccc3)ncn2[C@@H](C)c2ccc(Cl)cc2Cl)c1)C([2H])([2H])[2H]. The number of amides is 3. The number of H-pyrrole nitrogens is 1. The first-order chi connectivity index (χ1) is 30.4. The molecule has 4 heterocycles. The Morgan fingerprint density at radius 1 is 0.966 bits per heavy atom. The summed E-state index contributed by atoms with van der Waals surface area (Å²) in [5.74, 6) is -1.93. The van der Waals surface area contributed by atoms with E-state index in [9.17, 15) is 9.59 Å². The highest BCUT2D eigenvalue weighted by atomic mass is 35.5. The monoisotopic (exact) mass is 843 g/mol. The Morgan fingerprint density at radius 3 is 2.47 bits per heavy atom. The molecule has 14 heteroatoms. The van der Waals surface area contributed by atoms with Crippen LogP contribution >= 0.6 is 34.8 Å². The molecule has 8 rings (SSSR count). The first-order valence-corrected chi connectivity index (χ1v) is 19.9. The lowest BCUT2D eigenvalue weighted by Gasteiger charge is -2.40. The Balaban J connectivity index is 1.26. The third-order valence-electron chi connectivity index (χ3n) is 10.8. The summed E-state index contributed by atoms with van der Waals surface area (Å²) in [6.45, 7) is -2.82. The first kappa shape index (κ1) is 32.5. The average Bonchev–Trinajstić information content (AvgIpc) is 3.85. The molecule has 0 unspecified atom stereocenters. The molecule has 2 N–H and O–H groups in total. The van der Waals surface area contributed by atoms with Crippen LogP contribution in [0.2, 0.25) is 15.1 Å². The van der Waals surface area contributed by atoms with E-state index in [0.717, 1.165) is 17.5 Å². The molecule has 58 heavy (non-hydrogen) atoms. The number of anilines is 2. The van der Waals surface area contributed by atoms with Crippen molar-refractivity contribution in [2.45, 2.75) is 38.3 Å². The fourth-order valence-electron chi connectivity index (χ4n) is 7.96. The number of rotatable bonds is 9. The molecule has 0 aliphatic carbocycles. The molecule has 0 radical (unpaired) electrons. The highest BCUT2D eigenvalue weighted by Gasteiger charge is 2.33. The fourth-order valence-corrected chi connectivity index (χ4v) is 8.70. The molecular weight excluding hydrogens is 797 g/mol. The molecule has 0 spiro atoms. The second kappa shape index (κ2) is 16.4. The van der Waals surface area contributed by atoms with Crippen molar-refractivity contribution >= 4 is 75.0 Å². The maximum absolute atomic E-state index is 15.1. The second-order valence-electron chi connectivity index (χ2n) is 14.3. The van der Waals surface area contributed by atoms with Crippen LogP contribution < -0.4 is 10.2 Å². The van der Waals surface area contributed by atoms with Crippen LogP contribution in [0.15, 0.2) is 91.3 Å². The third-order valence-corrected chi connectivity index (χ3v) is 11.6. The van der Waals surface area contributed by atoms with Crippen LogP contribution in [0, 0.1) is 0 Å². The van der Waals surface area contributed by atoms with Crippen molar-refractivity contribution in [3.05, 3.63) is 123 Å². The number of carbonyl (C=O) groups excluding carboxylic acids is 3. The van der Waals surface area contributed by atoms with E-state index in [1.54, 1.807) is 47.6 Å². The van der Waals surface area contributed by atoms with E-state index in [0.29, 0.717) is 87.7 Å². The quantitative estimate of drug-likeness (QED) is 0.150. The summed E-state index contributed by atoms with van der Waals surface area (Å²) in [4.78, 5) is 53.4. The number of aromatic nitrogens is 3. The zero-order valence-electron chi connectivity index (χ0n) is 37.3. The van der Waals surface area contributed by atoms with Gasteiger partial charge in [0.05, 0.1) is 41.7 Å². The summed E-state index contributed by atoms with van der Waals surface area (Å²) < 4.78 is 54.7. The Hall–Kier alpha value is -5.49. The van der Waals surface area contributed by atoms with Gasteiger partial charge >= 0.3 is 6.09 Å². The van der Waals surface area contributed by atoms with Crippen LogP contribution in [-0.4, -0.2) is 88.5 Å². The van der Waals surface area contributed by atoms with E-state index in [2.05, 4.69) is 10.3 Å². The van der Waals surface area contributed by atoms with Gasteiger partial charge in [-0.1, -0.05) is 77.3 Å². The topological polar surface area (TPSA) is 116 Å². The minimum atomic E-state index is -3.31. The van der Waals surface area contributed by atoms with Crippen molar-refractivity contribution in [2.75, 3.05) is 50.4 Å². The van der Waals surface area contributed by atoms with Gasteiger partial charge in [-0.25, -0.2) is 9.78 Å². The standard InChI is InChI=1S/C44H42Cl3N7O4/c1-26(32-13-11-29(45)23-34(32)47)54-25-48-39(27-8-5-4-6-9-27)41(54)38-33-14-12-30(46)24-35(33)49-40(38)42(55)50-36-22-28(43(56)51(2)3)10-15-37(36)52-19-16-31(17-20-52)53-18-7-21-58-44(53)57/h4-6,8-15,22-26,31,49H,7,16-21H2,1-3H3,(H,50,55)/t26-/m0/s1/i2D3,3D3. The summed E-state index contributed by atoms with van der Waals surface area (Å²) in [5.41, 5.74) is 4.06. The lowest BCUT2D eigenvalue weighted by atomic mass is 9.99. The molecule has 3 amide bonds. The zero-order chi connectivity index (χ0) is 45.7. The lowest BCUT2D eigenvalue weighted by Crippen LogP contribution is -2.50. The van der Waals surface area contributed by atoms with Crippen LogP contribution in [0.3, 0.4) is 0 Å². The van der Waals surface area contributed by atoms with Gasteiger partial charge in [-0.2, -0.15) is 0 Å². The summed E-state index contributed by atoms with van der Waals surface area (Å²) in [5, 5.41) is 4.95. The van der Waals surface area contributed by atoms with Gasteiger partial charge in [0.1, 0.15) is 5.69 Å². The number of benzene rings is 4. The number of carbonyl (C=O) groups is 3. The minimum absolute atomic E-state index is 0.0791. The average molecular weight is 845 g/mol. The summed E-state index contributed by atoms with van der Waals surface area (Å²) in [6, 6.07) is 23.6. The van der Waals surface area contributed by atoms with E-state index >= 15 is 4.79 Å². The number of nitrogens with zero attached hydrogens (tertiary/aromatic N) is 5. The van der Waals surface area contributed by atoms with Gasteiger partial charge in [0, 0.05) is 90.5 Å². The van der Waals surface area contributed by atoms with Gasteiger partial charge in [-0.15, -0.1) is 0 Å². The molecule has 0 bridgehead atoms. The Kier molecular flexibility index (Phi) is 9.18. The van der Waals surface area contributed by atoms with E-state index in [1.807, 2.05) is 52.8 Å². The smallest absolute Gasteiger partial charge is 0.410 e. The summed E-state index contributed by atoms with van der Waals surface area (Å²) in [7, 11) is 0. The molecule has 0 saturated carbocycles. The Morgan fingerprint density at radius 2 is 1.72 bits per heavy atom. The van der Waals surface area contributed by atoms with Crippen LogP contribution in [0.4, 0.5) is 16.2 Å². The van der Waals surface area contributed by atoms with Gasteiger partial charge in [0.15, 0.2) is 0 Å². The molecule has 2 fully saturated rings. The van der Waals surface area contributed by atoms with Crippen molar-refractivity contribution in [1.29, 1.82) is 0 Å². The summed E-state index contributed by atoms with van der Waals surface area (Å²) in [6.07, 6.45) is 3.20. The molecule has 11 nitrogen and oxygen atoms in total. The van der Waals surface area contributed by atoms with Crippen LogP contribution in [0.25, 0.3) is 33.4 Å². The molecule has 298 valence electrons. The number of hydrogen-bond acceptors (Lipinski definition) is 6. The largest absolute Gasteiger partial charge is 0.449 e. The second-order valence-corrected chi connectivity index (χ2v) is 15.6. The lowest BCUT2D eigenvalue weighted by molar-refractivity contribution is 0.0499. The van der Waals surface area contributed by atoms with Gasteiger partial charge in [0.25, 0.3) is 11.8 Å². The zero-order valence-corrected chi connectivity index (χ0v) is 33.5. The molecule has 2 saturated heterocycles. The van der Waals surface area contributed by atoms with Crippen molar-refractivity contribution < 1.29 is 27.3 Å². The number of imidazole rings is 1. The van der Waals surface area contributed by atoms with E-state index in [4.69, 9.17) is 52.7 Å². The number of hydrogen-bond donors (Lipinski definition) is 2. The maximum atomic E-state index is 15.1. The number of piperidine rings is 1. The molecule has 2 aromatic heterocycles. The maximum Gasteiger partial charge on any atom is 0.410 e. The van der Waals surface area contributed by atoms with Crippen molar-refractivity contribution in [2.24, 2.45) is 0 Å². The summed E-state index contributed by atoms with van der Waals surface area (Å²) >= 11 is 19.6. The fraction of sp³-hybridized carbons (Fsp3) is 0.273. The minimum Gasteiger partial charge on any atom is -0.449 e. The normalized spacial score (nSPS) is 17.3. The predicted octanol–water partition coefficient (Wildman–Crippen LogP) is 10.0. The van der Waals surface area contributed by atoms with Crippen molar-refractivity contribution in [1.82, 2.24) is 24.3 Å². The van der Waals surface area contributed by atoms with Crippen molar-refractivity contribution in [3.8, 4) is 22.5 Å². The Labute approximate surface area is 359 Å². The van der Waals surface area contributed by atoms with E-state index in [-0.39, 0.29) is 34.0 Å². The number of ether oxygens (including phenoxy) is 1. The molecular formula is C44H42Cl3N7O4. The van der Waals surface area contributed by atoms with Crippen molar-refractivity contribution in [3.63, 3.8) is 0 Å². The first-order valence-electron chi connectivity index (χ1n) is 21.8. The van der Waals surface area contributed by atoms with Gasteiger partial charge < -0.3 is 34.3 Å². The number of aromatic amines is 1. The number of cyclic esters (lactones) is 1. The van der Waals surface area contributed by atoms with Gasteiger partial charge in [0.2, 0.25) is 0 Å². The molecule has 2 aliphatic heterocycles. The van der Waals surface area contributed by atoms with E-state index in [1.165, 1.54) is 12.1 Å². The number of fused-ring (bicyclic) bond motifs is 1. The predicted molar refractivity (Wildman–Crippen MR) is 231 cm³/mol. The van der Waals surface area contributed by atoms with Crippen LogP contribution in [0.1, 0.15) is 66.9 Å². The van der Waals surface area contributed by atoms with Gasteiger partial charge in [-0.3, -0.25) is 9.59 Å². The van der Waals surface area contributed by atoms with Crippen LogP contribution in [0.5, 0.6) is 0 Å². The molecule has 1 atom stereocenters. The molecule has 2 aliphatic rings. The van der Waals surface area contributed by atoms with E-state index < -0.39 is 31.8 Å². The number of nitrogens with one attached hydrogen (secondary N) is 2. The highest BCUT2D eigenvalue weighted by molar-refractivity contribution is 6.35. The van der Waals surface area contributed by atoms with Crippen LogP contribution in [-0.2, 0) is 4.74 Å². The number of halogens is 3. The molecule has 6 aromatic rings. The third kappa shape index (κ3) is 7.62. The van der Waals surface area contributed by atoms with Gasteiger partial charge in [-0.05, 0) is 74.2 Å². The molecule has 4 aromatic carbocycles. The Bertz CT molecular complexity index is 2740.